The third kappa shape index (κ3) is 5.70. The van der Waals surface area contributed by atoms with E-state index in [1.165, 1.54) is 11.3 Å². The Labute approximate surface area is 204 Å². The van der Waals surface area contributed by atoms with Gasteiger partial charge < -0.3 is 20.1 Å². The summed E-state index contributed by atoms with van der Waals surface area (Å²) in [5, 5.41) is 7.64. The molecule has 2 N–H and O–H groups in total. The second kappa shape index (κ2) is 11.6. The zero-order valence-electron chi connectivity index (χ0n) is 18.9. The Hall–Kier alpha value is -3.50. The van der Waals surface area contributed by atoms with Crippen LogP contribution in [0.4, 0.5) is 5.00 Å². The number of rotatable bonds is 10. The number of ether oxygens (including phenoxy) is 2. The van der Waals surface area contributed by atoms with Crippen molar-refractivity contribution in [2.45, 2.75) is 26.9 Å². The minimum atomic E-state index is -1.20. The van der Waals surface area contributed by atoms with E-state index in [0.717, 1.165) is 11.3 Å². The summed E-state index contributed by atoms with van der Waals surface area (Å²) >= 11 is 2.20. The van der Waals surface area contributed by atoms with Crippen LogP contribution in [0.5, 0.6) is 0 Å². The number of ketones is 1. The number of carbonyl (C=O) groups is 4. The van der Waals surface area contributed by atoms with Crippen molar-refractivity contribution in [3.05, 3.63) is 74.3 Å². The molecular weight excluding hydrogens is 476 g/mol. The van der Waals surface area contributed by atoms with Gasteiger partial charge in [-0.1, -0.05) is 24.3 Å². The number of nitrogens with one attached hydrogen (secondary N) is 2. The molecule has 178 valence electrons. The first kappa shape index (κ1) is 25.1. The van der Waals surface area contributed by atoms with E-state index in [0.29, 0.717) is 16.0 Å². The molecule has 0 saturated heterocycles. The van der Waals surface area contributed by atoms with Gasteiger partial charge in [-0.05, 0) is 49.9 Å². The fraction of sp³-hybridized carbons (Fsp3) is 0.250. The first-order chi connectivity index (χ1) is 16.4. The monoisotopic (exact) mass is 500 g/mol. The van der Waals surface area contributed by atoms with Gasteiger partial charge in [0, 0.05) is 5.56 Å². The van der Waals surface area contributed by atoms with E-state index >= 15 is 0 Å². The molecule has 0 unspecified atom stereocenters. The van der Waals surface area contributed by atoms with Crippen LogP contribution >= 0.6 is 22.7 Å². The maximum absolute atomic E-state index is 13.2. The average Bonchev–Trinajstić information content (AvgIpc) is 3.47. The van der Waals surface area contributed by atoms with Gasteiger partial charge in [-0.25, -0.2) is 9.59 Å². The van der Waals surface area contributed by atoms with Crippen LogP contribution in [0.2, 0.25) is 0 Å². The third-order valence-electron chi connectivity index (χ3n) is 4.70. The van der Waals surface area contributed by atoms with Crippen molar-refractivity contribution < 1.29 is 28.7 Å². The van der Waals surface area contributed by atoms with Crippen LogP contribution in [-0.4, -0.2) is 43.0 Å². The van der Waals surface area contributed by atoms with Crippen molar-refractivity contribution >= 4 is 51.3 Å². The molecular formula is C24H24N2O6S2. The van der Waals surface area contributed by atoms with Gasteiger partial charge in [0.05, 0.1) is 23.7 Å². The highest BCUT2D eigenvalue weighted by Gasteiger charge is 2.30. The van der Waals surface area contributed by atoms with E-state index < -0.39 is 29.8 Å². The van der Waals surface area contributed by atoms with Crippen molar-refractivity contribution in [3.8, 4) is 0 Å². The third-order valence-corrected chi connectivity index (χ3v) is 6.79. The zero-order chi connectivity index (χ0) is 24.7. The summed E-state index contributed by atoms with van der Waals surface area (Å²) < 4.78 is 10.3. The molecule has 0 saturated carbocycles. The first-order valence-electron chi connectivity index (χ1n) is 10.5. The number of hydrogen-bond acceptors (Lipinski definition) is 9. The van der Waals surface area contributed by atoms with E-state index in [4.69, 9.17) is 9.47 Å². The Morgan fingerprint density at radius 1 is 0.941 bits per heavy atom. The molecule has 0 fully saturated rings. The Kier molecular flexibility index (Phi) is 8.55. The van der Waals surface area contributed by atoms with Crippen molar-refractivity contribution in [2.75, 3.05) is 18.5 Å². The van der Waals surface area contributed by atoms with E-state index in [9.17, 15) is 19.2 Å². The SMILES string of the molecule is CCOC(=O)c1sc(N[C@@H](NC(=O)c2ccccc2)C(=O)c2cccs2)c(C(=O)OCC)c1C. The lowest BCUT2D eigenvalue weighted by Gasteiger charge is -2.20. The zero-order valence-corrected chi connectivity index (χ0v) is 20.5. The molecule has 1 amide bonds. The molecule has 8 nitrogen and oxygen atoms in total. The molecule has 3 rings (SSSR count). The Morgan fingerprint density at radius 3 is 2.24 bits per heavy atom. The lowest BCUT2D eigenvalue weighted by atomic mass is 10.1. The Morgan fingerprint density at radius 2 is 1.62 bits per heavy atom. The number of amides is 1. The van der Waals surface area contributed by atoms with E-state index in [2.05, 4.69) is 10.6 Å². The number of Topliss-reactive ketones (excluding diaryl/α,β-unsaturated/α-hetero) is 1. The first-order valence-corrected chi connectivity index (χ1v) is 12.2. The maximum atomic E-state index is 13.2. The highest BCUT2D eigenvalue weighted by atomic mass is 32.1. The van der Waals surface area contributed by atoms with Gasteiger partial charge in [0.25, 0.3) is 5.91 Å². The number of thiophene rings is 2. The molecule has 3 aromatic rings. The number of carbonyl (C=O) groups excluding carboxylic acids is 4. The van der Waals surface area contributed by atoms with Crippen molar-refractivity contribution in [3.63, 3.8) is 0 Å². The number of hydrogen-bond donors (Lipinski definition) is 2. The second-order valence-corrected chi connectivity index (χ2v) is 8.93. The van der Waals surface area contributed by atoms with Crippen molar-refractivity contribution in [1.82, 2.24) is 5.32 Å². The van der Waals surface area contributed by atoms with Crippen LogP contribution < -0.4 is 10.6 Å². The summed E-state index contributed by atoms with van der Waals surface area (Å²) in [6.07, 6.45) is -1.20. The highest BCUT2D eigenvalue weighted by molar-refractivity contribution is 7.18. The van der Waals surface area contributed by atoms with Gasteiger partial charge >= 0.3 is 11.9 Å². The van der Waals surface area contributed by atoms with Crippen molar-refractivity contribution in [1.29, 1.82) is 0 Å². The summed E-state index contributed by atoms with van der Waals surface area (Å²) in [5.41, 5.74) is 0.863. The smallest absolute Gasteiger partial charge is 0.348 e. The van der Waals surface area contributed by atoms with Crippen LogP contribution in [0.25, 0.3) is 0 Å². The number of anilines is 1. The fourth-order valence-corrected chi connectivity index (χ4v) is 4.93. The minimum Gasteiger partial charge on any atom is -0.462 e. The van der Waals surface area contributed by atoms with Gasteiger partial charge in [-0.3, -0.25) is 9.59 Å². The normalized spacial score (nSPS) is 11.4. The molecule has 2 heterocycles. The van der Waals surface area contributed by atoms with Gasteiger partial charge in [0.15, 0.2) is 6.17 Å². The van der Waals surface area contributed by atoms with Crippen molar-refractivity contribution in [2.24, 2.45) is 0 Å². The average molecular weight is 501 g/mol. The molecule has 1 aromatic carbocycles. The van der Waals surface area contributed by atoms with Gasteiger partial charge in [0.2, 0.25) is 5.78 Å². The van der Waals surface area contributed by atoms with Crippen LogP contribution in [-0.2, 0) is 9.47 Å². The van der Waals surface area contributed by atoms with E-state index in [-0.39, 0.29) is 28.7 Å². The van der Waals surface area contributed by atoms with E-state index in [1.807, 2.05) is 0 Å². The highest BCUT2D eigenvalue weighted by Crippen LogP contribution is 2.35. The molecule has 0 aliphatic rings. The second-order valence-electron chi connectivity index (χ2n) is 6.96. The standard InChI is InChI=1S/C24H24N2O6S2/c1-4-31-23(29)17-14(3)19(24(30)32-5-2)34-22(17)26-20(18(27)16-12-9-13-33-16)25-21(28)15-10-7-6-8-11-15/h6-13,20,26H,4-5H2,1-3H3,(H,25,28)/t20-/m1/s1. The lowest BCUT2D eigenvalue weighted by Crippen LogP contribution is -2.46. The number of esters is 2. The van der Waals surface area contributed by atoms with Gasteiger partial charge in [-0.15, -0.1) is 22.7 Å². The predicted octanol–water partition coefficient (Wildman–Crippen LogP) is 4.52. The molecule has 0 aliphatic carbocycles. The molecule has 2 aromatic heterocycles. The van der Waals surface area contributed by atoms with Crippen LogP contribution in [0.15, 0.2) is 47.8 Å². The minimum absolute atomic E-state index is 0.118. The topological polar surface area (TPSA) is 111 Å². The summed E-state index contributed by atoms with van der Waals surface area (Å²) in [5.74, 6) is -2.10. The molecule has 0 bridgehead atoms. The lowest BCUT2D eigenvalue weighted by molar-refractivity contribution is 0.0526. The summed E-state index contributed by atoms with van der Waals surface area (Å²) in [4.78, 5) is 51.9. The van der Waals surface area contributed by atoms with Gasteiger partial charge in [0.1, 0.15) is 9.88 Å². The predicted molar refractivity (Wildman–Crippen MR) is 131 cm³/mol. The molecule has 1 atom stereocenters. The maximum Gasteiger partial charge on any atom is 0.348 e. The van der Waals surface area contributed by atoms with Gasteiger partial charge in [-0.2, -0.15) is 0 Å². The molecule has 0 radical (unpaired) electrons. The summed E-state index contributed by atoms with van der Waals surface area (Å²) in [7, 11) is 0. The summed E-state index contributed by atoms with van der Waals surface area (Å²) in [6, 6.07) is 11.8. The fourth-order valence-electron chi connectivity index (χ4n) is 3.12. The number of benzene rings is 1. The molecule has 0 spiro atoms. The Balaban J connectivity index is 2.01. The molecule has 10 heteroatoms. The van der Waals surface area contributed by atoms with Crippen LogP contribution in [0.1, 0.15) is 59.5 Å². The quantitative estimate of drug-likeness (QED) is 0.239. The summed E-state index contributed by atoms with van der Waals surface area (Å²) in [6.45, 7) is 5.26. The Bertz CT molecular complexity index is 1170. The molecule has 34 heavy (non-hydrogen) atoms. The molecule has 0 aliphatic heterocycles. The largest absolute Gasteiger partial charge is 0.462 e. The van der Waals surface area contributed by atoms with Crippen LogP contribution in [0.3, 0.4) is 0 Å². The van der Waals surface area contributed by atoms with E-state index in [1.54, 1.807) is 68.6 Å². The van der Waals surface area contributed by atoms with Crippen LogP contribution in [0, 0.1) is 6.92 Å².